The molecule has 1 aliphatic heterocycles. The van der Waals surface area contributed by atoms with Crippen LogP contribution in [-0.4, -0.2) is 67.9 Å². The maximum absolute atomic E-state index is 12.6. The zero-order valence-corrected chi connectivity index (χ0v) is 25.4. The molecule has 0 radical (unpaired) electrons. The molecule has 0 spiro atoms. The molecule has 0 aliphatic carbocycles. The summed E-state index contributed by atoms with van der Waals surface area (Å²) in [6.07, 6.45) is 5.97. The van der Waals surface area contributed by atoms with Crippen molar-refractivity contribution in [3.05, 3.63) is 12.3 Å². The number of methoxy groups -OCH3 is 2. The van der Waals surface area contributed by atoms with Gasteiger partial charge >= 0.3 is 11.9 Å². The van der Waals surface area contributed by atoms with Crippen LogP contribution in [0.15, 0.2) is 12.3 Å². The van der Waals surface area contributed by atoms with Gasteiger partial charge in [0, 0.05) is 58.1 Å². The van der Waals surface area contributed by atoms with E-state index in [1.165, 1.54) is 0 Å². The molecule has 0 bridgehead atoms. The number of ether oxygens (including phenoxy) is 4. The Bertz CT molecular complexity index is 766. The third-order valence-corrected chi connectivity index (χ3v) is 7.71. The molecule has 1 aliphatic rings. The molecule has 7 atom stereocenters. The Morgan fingerprint density at radius 1 is 0.921 bits per heavy atom. The van der Waals surface area contributed by atoms with Crippen molar-refractivity contribution in [2.24, 2.45) is 29.6 Å². The molecule has 0 unspecified atom stereocenters. The second kappa shape index (κ2) is 16.9. The van der Waals surface area contributed by atoms with E-state index in [-0.39, 0.29) is 71.9 Å². The fraction of sp³-hybridized carbons (Fsp3) is 0.833. The Hall–Kier alpha value is -1.93. The molecule has 1 rings (SSSR count). The fourth-order valence-electron chi connectivity index (χ4n) is 4.78. The number of amides is 1. The van der Waals surface area contributed by atoms with E-state index in [2.05, 4.69) is 20.8 Å². The number of nitrogens with zero attached hydrogens (tertiary/aromatic N) is 1. The number of hydrogen-bond donors (Lipinski definition) is 0. The van der Waals surface area contributed by atoms with Gasteiger partial charge in [-0.3, -0.25) is 14.4 Å². The number of β-lactam (4-membered cyclic amide) rings is 1. The maximum atomic E-state index is 12.6. The molecule has 1 saturated heterocycles. The highest BCUT2D eigenvalue weighted by Gasteiger charge is 2.34. The van der Waals surface area contributed by atoms with Crippen molar-refractivity contribution in [2.45, 2.75) is 112 Å². The van der Waals surface area contributed by atoms with Crippen molar-refractivity contribution < 1.29 is 33.3 Å². The van der Waals surface area contributed by atoms with Crippen LogP contribution in [0.3, 0.4) is 0 Å². The van der Waals surface area contributed by atoms with Gasteiger partial charge in [-0.2, -0.15) is 0 Å². The molecular formula is C30H53NO7. The van der Waals surface area contributed by atoms with Crippen molar-refractivity contribution in [3.8, 4) is 0 Å². The van der Waals surface area contributed by atoms with Gasteiger partial charge in [-0.25, -0.2) is 0 Å². The van der Waals surface area contributed by atoms with Crippen LogP contribution in [0.2, 0.25) is 0 Å². The summed E-state index contributed by atoms with van der Waals surface area (Å²) in [5.41, 5.74) is 0. The van der Waals surface area contributed by atoms with Crippen LogP contribution < -0.4 is 0 Å². The van der Waals surface area contributed by atoms with Gasteiger partial charge < -0.3 is 23.8 Å². The lowest BCUT2D eigenvalue weighted by Crippen LogP contribution is -2.40. The Morgan fingerprint density at radius 2 is 1.58 bits per heavy atom. The first-order chi connectivity index (χ1) is 17.9. The summed E-state index contributed by atoms with van der Waals surface area (Å²) in [6, 6.07) is 0. The SMILES string of the molecule is CCC(=O)O[C@@H](C[C@H](OC)[C@@H](C)CC[C@@H](OC(=O)C(C)C)[C@H](C)[C@H](OC)[C@H](C)/C=C/N1CCC1=O)C(C)C. The number of rotatable bonds is 18. The molecular weight excluding hydrogens is 486 g/mol. The van der Waals surface area contributed by atoms with Crippen LogP contribution in [-0.2, 0) is 33.3 Å². The lowest BCUT2D eigenvalue weighted by atomic mass is 9.84. The van der Waals surface area contributed by atoms with Crippen molar-refractivity contribution in [1.82, 2.24) is 4.90 Å². The van der Waals surface area contributed by atoms with E-state index < -0.39 is 0 Å². The van der Waals surface area contributed by atoms with Crippen LogP contribution >= 0.6 is 0 Å². The van der Waals surface area contributed by atoms with Gasteiger partial charge in [-0.05, 0) is 24.7 Å². The van der Waals surface area contributed by atoms with Crippen LogP contribution in [0.4, 0.5) is 0 Å². The average Bonchev–Trinajstić information content (AvgIpc) is 2.87. The molecule has 1 heterocycles. The van der Waals surface area contributed by atoms with Gasteiger partial charge in [0.25, 0.3) is 0 Å². The largest absolute Gasteiger partial charge is 0.462 e. The molecule has 1 amide bonds. The van der Waals surface area contributed by atoms with Crippen LogP contribution in [0.1, 0.15) is 87.5 Å². The zero-order chi connectivity index (χ0) is 29.0. The molecule has 38 heavy (non-hydrogen) atoms. The summed E-state index contributed by atoms with van der Waals surface area (Å²) in [5, 5.41) is 0. The average molecular weight is 540 g/mol. The monoisotopic (exact) mass is 539 g/mol. The highest BCUT2D eigenvalue weighted by Crippen LogP contribution is 2.30. The smallest absolute Gasteiger partial charge is 0.308 e. The van der Waals surface area contributed by atoms with E-state index in [0.29, 0.717) is 25.7 Å². The summed E-state index contributed by atoms with van der Waals surface area (Å²) in [7, 11) is 3.37. The van der Waals surface area contributed by atoms with Gasteiger partial charge in [-0.1, -0.05) is 61.5 Å². The molecule has 0 aromatic heterocycles. The van der Waals surface area contributed by atoms with E-state index in [9.17, 15) is 14.4 Å². The Labute approximate surface area is 230 Å². The van der Waals surface area contributed by atoms with Crippen molar-refractivity contribution in [1.29, 1.82) is 0 Å². The summed E-state index contributed by atoms with van der Waals surface area (Å²) >= 11 is 0. The van der Waals surface area contributed by atoms with E-state index >= 15 is 0 Å². The Morgan fingerprint density at radius 3 is 2.03 bits per heavy atom. The molecule has 8 heteroatoms. The lowest BCUT2D eigenvalue weighted by molar-refractivity contribution is -0.160. The third-order valence-electron chi connectivity index (χ3n) is 7.71. The molecule has 0 aromatic rings. The number of carbonyl (C=O) groups is 3. The molecule has 1 fully saturated rings. The van der Waals surface area contributed by atoms with Gasteiger partial charge in [0.05, 0.1) is 18.1 Å². The van der Waals surface area contributed by atoms with Crippen LogP contribution in [0, 0.1) is 29.6 Å². The normalized spacial score (nSPS) is 19.6. The van der Waals surface area contributed by atoms with Crippen molar-refractivity contribution in [2.75, 3.05) is 20.8 Å². The van der Waals surface area contributed by atoms with Gasteiger partial charge in [-0.15, -0.1) is 0 Å². The summed E-state index contributed by atoms with van der Waals surface area (Å²) in [4.78, 5) is 37.9. The molecule has 0 aromatic carbocycles. The first-order valence-electron chi connectivity index (χ1n) is 14.3. The molecule has 0 N–H and O–H groups in total. The minimum Gasteiger partial charge on any atom is -0.462 e. The van der Waals surface area contributed by atoms with Gasteiger partial charge in [0.2, 0.25) is 5.91 Å². The predicted octanol–water partition coefficient (Wildman–Crippen LogP) is 5.39. The van der Waals surface area contributed by atoms with E-state index in [1.807, 2.05) is 40.0 Å². The van der Waals surface area contributed by atoms with Crippen molar-refractivity contribution >= 4 is 17.8 Å². The minimum atomic E-state index is -0.338. The maximum Gasteiger partial charge on any atom is 0.308 e. The van der Waals surface area contributed by atoms with Crippen molar-refractivity contribution in [3.63, 3.8) is 0 Å². The van der Waals surface area contributed by atoms with Crippen LogP contribution in [0.25, 0.3) is 0 Å². The highest BCUT2D eigenvalue weighted by molar-refractivity contribution is 5.82. The number of likely N-dealkylation sites (tertiary alicyclic amines) is 1. The lowest BCUT2D eigenvalue weighted by Gasteiger charge is -2.35. The van der Waals surface area contributed by atoms with Gasteiger partial charge in [0.15, 0.2) is 0 Å². The summed E-state index contributed by atoms with van der Waals surface area (Å²) in [5.74, 6) is -0.246. The number of hydrogen-bond acceptors (Lipinski definition) is 7. The topological polar surface area (TPSA) is 91.4 Å². The first-order valence-corrected chi connectivity index (χ1v) is 14.3. The fourth-order valence-corrected chi connectivity index (χ4v) is 4.78. The van der Waals surface area contributed by atoms with E-state index in [1.54, 1.807) is 26.0 Å². The third kappa shape index (κ3) is 10.7. The molecule has 8 nitrogen and oxygen atoms in total. The highest BCUT2D eigenvalue weighted by atomic mass is 16.6. The van der Waals surface area contributed by atoms with Gasteiger partial charge in [0.1, 0.15) is 12.2 Å². The standard InChI is InChI=1S/C30H53NO7/c1-11-28(33)37-25(19(2)3)18-26(35-9)21(6)12-13-24(38-30(34)20(4)5)23(8)29(36-10)22(7)14-16-31-17-15-27(31)32/h14,16,19-26,29H,11-13,15,17-18H2,1-10H3/b16-14+/t21-,22+,23-,24+,25-,26-,29+/m0/s1. The molecule has 220 valence electrons. The second-order valence-electron chi connectivity index (χ2n) is 11.4. The molecule has 0 saturated carbocycles. The summed E-state index contributed by atoms with van der Waals surface area (Å²) in [6.45, 7) is 16.5. The van der Waals surface area contributed by atoms with E-state index in [4.69, 9.17) is 18.9 Å². The van der Waals surface area contributed by atoms with Crippen LogP contribution in [0.5, 0.6) is 0 Å². The summed E-state index contributed by atoms with van der Waals surface area (Å²) < 4.78 is 23.4. The zero-order valence-electron chi connectivity index (χ0n) is 25.4. The Balaban J connectivity index is 2.95. The first kappa shape index (κ1) is 34.1. The van der Waals surface area contributed by atoms with E-state index in [0.717, 1.165) is 13.0 Å². The quantitative estimate of drug-likeness (QED) is 0.170. The Kier molecular flexibility index (Phi) is 15.2. The number of carbonyl (C=O) groups excluding carboxylic acids is 3. The minimum absolute atomic E-state index is 0.0212. The predicted molar refractivity (Wildman–Crippen MR) is 148 cm³/mol. The second-order valence-corrected chi connectivity index (χ2v) is 11.4. The number of esters is 2.